The molecule has 0 saturated heterocycles. The molecule has 4 rings (SSSR count). The Bertz CT molecular complexity index is 1010. The number of aliphatic hydroxyl groups is 1. The van der Waals surface area contributed by atoms with Crippen molar-refractivity contribution in [3.63, 3.8) is 0 Å². The number of amides is 1. The van der Waals surface area contributed by atoms with Crippen molar-refractivity contribution in [2.75, 3.05) is 19.7 Å². The van der Waals surface area contributed by atoms with Crippen molar-refractivity contribution >= 4 is 16.8 Å². The molecule has 4 N–H and O–H groups in total. The number of H-pyrrole nitrogens is 1. The van der Waals surface area contributed by atoms with Gasteiger partial charge in [-0.15, -0.1) is 0 Å². The molecule has 0 saturated carbocycles. The average Bonchev–Trinajstić information content (AvgIpc) is 3.39. The normalized spacial score (nSPS) is 15.6. The summed E-state index contributed by atoms with van der Waals surface area (Å²) in [4.78, 5) is 17.0. The van der Waals surface area contributed by atoms with Gasteiger partial charge in [0, 0.05) is 42.7 Å². The van der Waals surface area contributed by atoms with Crippen LogP contribution >= 0.6 is 0 Å². The minimum absolute atomic E-state index is 0.147. The first-order valence-corrected chi connectivity index (χ1v) is 10.6. The number of para-hydroxylation sites is 1. The molecule has 3 aromatic rings. The number of nitrogens with one attached hydrogen (secondary N) is 2. The lowest BCUT2D eigenvalue weighted by Crippen LogP contribution is -2.32. The van der Waals surface area contributed by atoms with Crippen LogP contribution in [0.1, 0.15) is 41.1 Å². The summed E-state index contributed by atoms with van der Waals surface area (Å²) in [6.07, 6.45) is 5.98. The molecule has 1 aliphatic carbocycles. The zero-order valence-corrected chi connectivity index (χ0v) is 17.1. The molecule has 0 fully saturated rings. The Morgan fingerprint density at radius 1 is 1.17 bits per heavy atom. The molecule has 1 amide bonds. The minimum Gasteiger partial charge on any atom is -0.395 e. The highest BCUT2D eigenvalue weighted by molar-refractivity contribution is 5.83. The lowest BCUT2D eigenvalue weighted by Gasteiger charge is -2.29. The molecule has 1 heterocycles. The number of aromatic amines is 1. The zero-order valence-electron chi connectivity index (χ0n) is 17.1. The third kappa shape index (κ3) is 4.41. The Labute approximate surface area is 176 Å². The molecule has 0 spiro atoms. The number of carbonyl (C=O) groups excluding carboxylic acids is 1. The van der Waals surface area contributed by atoms with Crippen LogP contribution in [0.15, 0.2) is 48.7 Å². The Balaban J connectivity index is 1.45. The van der Waals surface area contributed by atoms with E-state index in [-0.39, 0.29) is 18.9 Å². The van der Waals surface area contributed by atoms with Crippen molar-refractivity contribution in [1.29, 1.82) is 0 Å². The molecule has 0 aliphatic heterocycles. The second kappa shape index (κ2) is 9.43. The fourth-order valence-electron chi connectivity index (χ4n) is 4.65. The van der Waals surface area contributed by atoms with Crippen molar-refractivity contribution in [2.24, 2.45) is 0 Å². The summed E-state index contributed by atoms with van der Waals surface area (Å²) in [7, 11) is 0. The molecule has 30 heavy (non-hydrogen) atoms. The van der Waals surface area contributed by atoms with Gasteiger partial charge in [0.25, 0.3) is 0 Å². The summed E-state index contributed by atoms with van der Waals surface area (Å²) < 4.78 is 0. The van der Waals surface area contributed by atoms with Crippen molar-refractivity contribution in [3.8, 4) is 0 Å². The van der Waals surface area contributed by atoms with Gasteiger partial charge in [0.15, 0.2) is 0 Å². The molecule has 158 valence electrons. The molecular weight excluding hydrogens is 378 g/mol. The molecule has 2 aromatic carbocycles. The molecule has 6 nitrogen and oxygen atoms in total. The van der Waals surface area contributed by atoms with Crippen LogP contribution in [0.2, 0.25) is 0 Å². The SMILES string of the molecule is O=C(CCc1ccc2c(c1)CCC2N(CCO)CCc1c[nH]c2ccccc12)NO. The van der Waals surface area contributed by atoms with Crippen LogP contribution in [-0.2, 0) is 24.1 Å². The van der Waals surface area contributed by atoms with E-state index in [1.165, 1.54) is 22.1 Å². The van der Waals surface area contributed by atoms with E-state index in [1.54, 1.807) is 5.48 Å². The molecule has 1 aliphatic rings. The summed E-state index contributed by atoms with van der Waals surface area (Å²) in [5.41, 5.74) is 7.94. The zero-order chi connectivity index (χ0) is 20.9. The summed E-state index contributed by atoms with van der Waals surface area (Å²) in [6, 6.07) is 15.1. The monoisotopic (exact) mass is 407 g/mol. The van der Waals surface area contributed by atoms with Gasteiger partial charge in [-0.05, 0) is 54.0 Å². The van der Waals surface area contributed by atoms with Crippen LogP contribution in [-0.4, -0.2) is 45.8 Å². The number of hydrogen-bond acceptors (Lipinski definition) is 4. The number of carbonyl (C=O) groups is 1. The smallest absolute Gasteiger partial charge is 0.243 e. The molecule has 0 radical (unpaired) electrons. The van der Waals surface area contributed by atoms with Gasteiger partial charge in [-0.1, -0.05) is 36.4 Å². The second-order valence-corrected chi connectivity index (χ2v) is 7.99. The molecular formula is C24H29N3O3. The van der Waals surface area contributed by atoms with Crippen LogP contribution < -0.4 is 5.48 Å². The number of hydroxylamine groups is 1. The third-order valence-electron chi connectivity index (χ3n) is 6.19. The van der Waals surface area contributed by atoms with E-state index in [2.05, 4.69) is 52.5 Å². The number of benzene rings is 2. The Morgan fingerprint density at radius 3 is 2.87 bits per heavy atom. The van der Waals surface area contributed by atoms with Crippen molar-refractivity contribution in [3.05, 3.63) is 70.9 Å². The maximum Gasteiger partial charge on any atom is 0.243 e. The fraction of sp³-hybridized carbons (Fsp3) is 0.375. The number of rotatable bonds is 9. The first-order valence-electron chi connectivity index (χ1n) is 10.6. The predicted octanol–water partition coefficient (Wildman–Crippen LogP) is 3.13. The highest BCUT2D eigenvalue weighted by atomic mass is 16.5. The van der Waals surface area contributed by atoms with Crippen LogP contribution in [0, 0.1) is 0 Å². The molecule has 1 atom stereocenters. The van der Waals surface area contributed by atoms with E-state index < -0.39 is 0 Å². The number of aliphatic hydroxyl groups excluding tert-OH is 1. The maximum atomic E-state index is 11.3. The van der Waals surface area contributed by atoms with Crippen molar-refractivity contribution in [1.82, 2.24) is 15.4 Å². The number of hydrogen-bond donors (Lipinski definition) is 4. The highest BCUT2D eigenvalue weighted by Gasteiger charge is 2.27. The van der Waals surface area contributed by atoms with Crippen LogP contribution in [0.5, 0.6) is 0 Å². The Kier molecular flexibility index (Phi) is 6.47. The van der Waals surface area contributed by atoms with E-state index in [1.807, 2.05) is 6.07 Å². The molecule has 1 aromatic heterocycles. The first-order chi connectivity index (χ1) is 14.7. The predicted molar refractivity (Wildman–Crippen MR) is 116 cm³/mol. The van der Waals surface area contributed by atoms with Gasteiger partial charge in [0.1, 0.15) is 0 Å². The van der Waals surface area contributed by atoms with Crippen molar-refractivity contribution in [2.45, 2.75) is 38.1 Å². The van der Waals surface area contributed by atoms with Crippen LogP contribution in [0.25, 0.3) is 10.9 Å². The fourth-order valence-corrected chi connectivity index (χ4v) is 4.65. The van der Waals surface area contributed by atoms with Crippen LogP contribution in [0.3, 0.4) is 0 Å². The van der Waals surface area contributed by atoms with Crippen LogP contribution in [0.4, 0.5) is 0 Å². The van der Waals surface area contributed by atoms with Gasteiger partial charge in [0.2, 0.25) is 5.91 Å². The van der Waals surface area contributed by atoms with Crippen molar-refractivity contribution < 1.29 is 15.1 Å². The van der Waals surface area contributed by atoms with Gasteiger partial charge in [-0.25, -0.2) is 5.48 Å². The summed E-state index contributed by atoms with van der Waals surface area (Å²) in [5.74, 6) is -0.361. The minimum atomic E-state index is -0.361. The van der Waals surface area contributed by atoms with Gasteiger partial charge >= 0.3 is 0 Å². The maximum absolute atomic E-state index is 11.3. The second-order valence-electron chi connectivity index (χ2n) is 7.99. The number of nitrogens with zero attached hydrogens (tertiary/aromatic N) is 1. The topological polar surface area (TPSA) is 88.6 Å². The van der Waals surface area contributed by atoms with Gasteiger partial charge in [-0.2, -0.15) is 0 Å². The third-order valence-corrected chi connectivity index (χ3v) is 6.19. The summed E-state index contributed by atoms with van der Waals surface area (Å²) >= 11 is 0. The van der Waals surface area contributed by atoms with E-state index >= 15 is 0 Å². The molecule has 1 unspecified atom stereocenters. The number of aromatic nitrogens is 1. The summed E-state index contributed by atoms with van der Waals surface area (Å²) in [5, 5.41) is 19.6. The summed E-state index contributed by atoms with van der Waals surface area (Å²) in [6.45, 7) is 1.70. The van der Waals surface area contributed by atoms with E-state index in [0.29, 0.717) is 19.0 Å². The highest BCUT2D eigenvalue weighted by Crippen LogP contribution is 2.36. The standard InChI is InChI=1S/C24H29N3O3/c28-14-13-27(12-11-19-16-25-22-4-2-1-3-20(19)22)23-9-7-18-15-17(5-8-21(18)23)6-10-24(29)26-30/h1-5,8,15-16,23,25,28,30H,6-7,9-14H2,(H,26,29). The van der Waals surface area contributed by atoms with Gasteiger partial charge in [0.05, 0.1) is 6.61 Å². The first kappa shape index (κ1) is 20.6. The molecule has 0 bridgehead atoms. The number of fused-ring (bicyclic) bond motifs is 2. The molecule has 6 heteroatoms. The average molecular weight is 408 g/mol. The van der Waals surface area contributed by atoms with Gasteiger partial charge < -0.3 is 10.1 Å². The largest absolute Gasteiger partial charge is 0.395 e. The quantitative estimate of drug-likeness (QED) is 0.324. The Morgan fingerprint density at radius 2 is 2.03 bits per heavy atom. The van der Waals surface area contributed by atoms with E-state index in [0.717, 1.165) is 36.9 Å². The van der Waals surface area contributed by atoms with E-state index in [4.69, 9.17) is 5.21 Å². The van der Waals surface area contributed by atoms with E-state index in [9.17, 15) is 9.90 Å². The van der Waals surface area contributed by atoms with Gasteiger partial charge in [-0.3, -0.25) is 14.9 Å². The lowest BCUT2D eigenvalue weighted by atomic mass is 10.0. The Hall–Kier alpha value is -2.67. The lowest BCUT2D eigenvalue weighted by molar-refractivity contribution is -0.129. The number of aryl methyl sites for hydroxylation is 2.